The van der Waals surface area contributed by atoms with Crippen LogP contribution in [0.1, 0.15) is 11.8 Å². The van der Waals surface area contributed by atoms with Crippen molar-refractivity contribution in [3.05, 3.63) is 22.4 Å². The van der Waals surface area contributed by atoms with Crippen molar-refractivity contribution in [2.45, 2.75) is 31.5 Å². The molecule has 1 fully saturated rings. The summed E-state index contributed by atoms with van der Waals surface area (Å²) in [6, 6.07) is 5.00. The standard InChI is InChI=1S/C12H20N2OS/c1-9(6-10-4-3-5-16-10)14(2)11-7-13-8-12(11)15/h3-5,9,11-13,15H,6-8H2,1-2H3. The highest BCUT2D eigenvalue weighted by Crippen LogP contribution is 2.17. The van der Waals surface area contributed by atoms with Gasteiger partial charge in [0.25, 0.3) is 0 Å². The van der Waals surface area contributed by atoms with Gasteiger partial charge in [-0.1, -0.05) is 6.07 Å². The van der Waals surface area contributed by atoms with Gasteiger partial charge in [-0.05, 0) is 31.8 Å². The van der Waals surface area contributed by atoms with E-state index in [4.69, 9.17) is 0 Å². The minimum absolute atomic E-state index is 0.226. The number of rotatable bonds is 4. The van der Waals surface area contributed by atoms with Gasteiger partial charge in [0.2, 0.25) is 0 Å². The molecule has 3 atom stereocenters. The quantitative estimate of drug-likeness (QED) is 0.822. The van der Waals surface area contributed by atoms with Gasteiger partial charge in [0.05, 0.1) is 6.10 Å². The van der Waals surface area contributed by atoms with Crippen LogP contribution >= 0.6 is 11.3 Å². The fourth-order valence-corrected chi connectivity index (χ4v) is 3.08. The topological polar surface area (TPSA) is 35.5 Å². The summed E-state index contributed by atoms with van der Waals surface area (Å²) in [6.07, 6.45) is 0.841. The minimum Gasteiger partial charge on any atom is -0.390 e. The maximum absolute atomic E-state index is 9.83. The first-order valence-corrected chi connectivity index (χ1v) is 6.69. The number of nitrogens with one attached hydrogen (secondary N) is 1. The van der Waals surface area contributed by atoms with Gasteiger partial charge in [0, 0.05) is 30.1 Å². The second kappa shape index (κ2) is 5.27. The number of aliphatic hydroxyl groups is 1. The van der Waals surface area contributed by atoms with Gasteiger partial charge in [-0.15, -0.1) is 11.3 Å². The Hall–Kier alpha value is -0.420. The summed E-state index contributed by atoms with van der Waals surface area (Å²) in [4.78, 5) is 3.71. The summed E-state index contributed by atoms with van der Waals surface area (Å²) in [5, 5.41) is 15.2. The Kier molecular flexibility index (Phi) is 3.97. The number of likely N-dealkylation sites (N-methyl/N-ethyl adjacent to an activating group) is 1. The lowest BCUT2D eigenvalue weighted by Gasteiger charge is -2.31. The summed E-state index contributed by atoms with van der Waals surface area (Å²) in [7, 11) is 2.11. The highest BCUT2D eigenvalue weighted by molar-refractivity contribution is 7.09. The molecular formula is C12H20N2OS. The zero-order valence-corrected chi connectivity index (χ0v) is 10.7. The van der Waals surface area contributed by atoms with E-state index in [9.17, 15) is 5.11 Å². The largest absolute Gasteiger partial charge is 0.390 e. The van der Waals surface area contributed by atoms with Crippen molar-refractivity contribution in [1.29, 1.82) is 0 Å². The summed E-state index contributed by atoms with van der Waals surface area (Å²) < 4.78 is 0. The van der Waals surface area contributed by atoms with Crippen LogP contribution in [0.15, 0.2) is 17.5 Å². The van der Waals surface area contributed by atoms with Crippen molar-refractivity contribution < 1.29 is 5.11 Å². The lowest BCUT2D eigenvalue weighted by molar-refractivity contribution is 0.0779. The van der Waals surface area contributed by atoms with Crippen LogP contribution in [0.25, 0.3) is 0 Å². The fraction of sp³-hybridized carbons (Fsp3) is 0.667. The predicted octanol–water partition coefficient (Wildman–Crippen LogP) is 0.944. The molecule has 0 aliphatic carbocycles. The van der Waals surface area contributed by atoms with Crippen LogP contribution < -0.4 is 5.32 Å². The van der Waals surface area contributed by atoms with Crippen LogP contribution in [0.5, 0.6) is 0 Å². The zero-order chi connectivity index (χ0) is 11.5. The van der Waals surface area contributed by atoms with Crippen LogP contribution in [0.4, 0.5) is 0 Å². The van der Waals surface area contributed by atoms with Gasteiger partial charge in [0.15, 0.2) is 0 Å². The Morgan fingerprint density at radius 3 is 3.00 bits per heavy atom. The van der Waals surface area contributed by atoms with Crippen LogP contribution in [0.3, 0.4) is 0 Å². The molecule has 3 nitrogen and oxygen atoms in total. The third-order valence-corrected chi connectivity index (χ3v) is 4.34. The van der Waals surface area contributed by atoms with Gasteiger partial charge in [-0.3, -0.25) is 4.90 Å². The van der Waals surface area contributed by atoms with Crippen molar-refractivity contribution in [1.82, 2.24) is 10.2 Å². The van der Waals surface area contributed by atoms with Crippen molar-refractivity contribution in [3.8, 4) is 0 Å². The number of β-amino-alcohol motifs (C(OH)–C–C–N with tert-alkyl or cyclic N) is 1. The molecule has 4 heteroatoms. The third-order valence-electron chi connectivity index (χ3n) is 3.45. The van der Waals surface area contributed by atoms with Crippen molar-refractivity contribution >= 4 is 11.3 Å². The predicted molar refractivity (Wildman–Crippen MR) is 67.9 cm³/mol. The monoisotopic (exact) mass is 240 g/mol. The van der Waals surface area contributed by atoms with Crippen LogP contribution in [0.2, 0.25) is 0 Å². The van der Waals surface area contributed by atoms with E-state index in [0.29, 0.717) is 6.04 Å². The molecule has 0 bridgehead atoms. The maximum atomic E-state index is 9.83. The van der Waals surface area contributed by atoms with Gasteiger partial charge in [-0.2, -0.15) is 0 Å². The SMILES string of the molecule is CC(Cc1cccs1)N(C)C1CNCC1O. The fourth-order valence-electron chi connectivity index (χ4n) is 2.26. The first-order valence-electron chi connectivity index (χ1n) is 5.81. The average molecular weight is 240 g/mol. The number of nitrogens with zero attached hydrogens (tertiary/aromatic N) is 1. The van der Waals surface area contributed by atoms with E-state index < -0.39 is 0 Å². The molecule has 2 rings (SSSR count). The summed E-state index contributed by atoms with van der Waals surface area (Å²) in [5.74, 6) is 0. The molecule has 1 aliphatic rings. The second-order valence-corrected chi connectivity index (χ2v) is 5.62. The Morgan fingerprint density at radius 1 is 1.62 bits per heavy atom. The van der Waals surface area contributed by atoms with Crippen LogP contribution in [-0.2, 0) is 6.42 Å². The number of hydrogen-bond acceptors (Lipinski definition) is 4. The van der Waals surface area contributed by atoms with Crippen molar-refractivity contribution in [2.24, 2.45) is 0 Å². The maximum Gasteiger partial charge on any atom is 0.0831 e. The van der Waals surface area contributed by atoms with Gasteiger partial charge < -0.3 is 10.4 Å². The van der Waals surface area contributed by atoms with Gasteiger partial charge >= 0.3 is 0 Å². The molecule has 1 aliphatic heterocycles. The van der Waals surface area contributed by atoms with E-state index in [2.05, 4.69) is 41.7 Å². The van der Waals surface area contributed by atoms with E-state index in [1.807, 2.05) is 11.3 Å². The highest BCUT2D eigenvalue weighted by Gasteiger charge is 2.30. The lowest BCUT2D eigenvalue weighted by atomic mass is 10.1. The Balaban J connectivity index is 1.91. The van der Waals surface area contributed by atoms with E-state index in [-0.39, 0.29) is 12.1 Å². The molecule has 1 aromatic rings. The summed E-state index contributed by atoms with van der Waals surface area (Å²) >= 11 is 1.81. The molecular weight excluding hydrogens is 220 g/mol. The molecule has 2 N–H and O–H groups in total. The number of thiophene rings is 1. The third kappa shape index (κ3) is 2.63. The molecule has 90 valence electrons. The Labute approximate surface area is 101 Å². The molecule has 0 amide bonds. The molecule has 1 aromatic heterocycles. The van der Waals surface area contributed by atoms with Crippen molar-refractivity contribution in [3.63, 3.8) is 0 Å². The van der Waals surface area contributed by atoms with Crippen LogP contribution in [0, 0.1) is 0 Å². The second-order valence-electron chi connectivity index (χ2n) is 4.59. The number of aliphatic hydroxyl groups excluding tert-OH is 1. The number of hydrogen-bond donors (Lipinski definition) is 2. The summed E-state index contributed by atoms with van der Waals surface area (Å²) in [6.45, 7) is 3.85. The molecule has 0 radical (unpaired) electrons. The molecule has 0 spiro atoms. The first kappa shape index (κ1) is 12.0. The van der Waals surface area contributed by atoms with E-state index in [0.717, 1.165) is 19.5 Å². The van der Waals surface area contributed by atoms with Gasteiger partial charge in [0.1, 0.15) is 0 Å². The van der Waals surface area contributed by atoms with E-state index >= 15 is 0 Å². The van der Waals surface area contributed by atoms with Crippen molar-refractivity contribution in [2.75, 3.05) is 20.1 Å². The Morgan fingerprint density at radius 2 is 2.44 bits per heavy atom. The van der Waals surface area contributed by atoms with E-state index in [1.54, 1.807) is 0 Å². The molecule has 16 heavy (non-hydrogen) atoms. The molecule has 2 heterocycles. The summed E-state index contributed by atoms with van der Waals surface area (Å²) in [5.41, 5.74) is 0. The molecule has 0 aromatic carbocycles. The van der Waals surface area contributed by atoms with Crippen LogP contribution in [-0.4, -0.2) is 48.3 Å². The minimum atomic E-state index is -0.226. The lowest BCUT2D eigenvalue weighted by Crippen LogP contribution is -2.46. The highest BCUT2D eigenvalue weighted by atomic mass is 32.1. The van der Waals surface area contributed by atoms with Gasteiger partial charge in [-0.25, -0.2) is 0 Å². The average Bonchev–Trinajstić information content (AvgIpc) is 2.88. The molecule has 3 unspecified atom stereocenters. The molecule has 1 saturated heterocycles. The Bertz CT molecular complexity index is 315. The first-order chi connectivity index (χ1) is 7.68. The normalized spacial score (nSPS) is 27.5. The van der Waals surface area contributed by atoms with E-state index in [1.165, 1.54) is 4.88 Å². The zero-order valence-electron chi connectivity index (χ0n) is 9.89. The smallest absolute Gasteiger partial charge is 0.0831 e. The molecule has 0 saturated carbocycles.